The van der Waals surface area contributed by atoms with Crippen molar-refractivity contribution in [3.63, 3.8) is 0 Å². The number of allylic oxidation sites excluding steroid dienone is 9. The van der Waals surface area contributed by atoms with E-state index in [1.807, 2.05) is 109 Å². The quantitative estimate of drug-likeness (QED) is 0.104. The van der Waals surface area contributed by atoms with E-state index < -0.39 is 0 Å². The average Bonchev–Trinajstić information content (AvgIpc) is 3.52. The number of hydrogen-bond acceptors (Lipinski definition) is 4. The van der Waals surface area contributed by atoms with Crippen LogP contribution in [0.1, 0.15) is 36.6 Å². The average molecular weight is 632 g/mol. The molecular weight excluding hydrogens is 604 g/mol. The SMILES string of the molecule is O=C1/C(=C/C=C/C=C/C=C/C2=C([O-])c3cc4ccccc4c(-c4ccccc4)c3C2=O)C(=O)c2c1cc1ccccc1c2-c1ccccc1. The molecule has 4 nitrogen and oxygen atoms in total. The molecule has 2 aliphatic rings. The maximum Gasteiger partial charge on any atom is 0.198 e. The second kappa shape index (κ2) is 12.2. The highest BCUT2D eigenvalue weighted by Crippen LogP contribution is 2.42. The largest absolute Gasteiger partial charge is 0.872 e. The number of benzene rings is 6. The van der Waals surface area contributed by atoms with E-state index in [-0.39, 0.29) is 34.3 Å². The highest BCUT2D eigenvalue weighted by molar-refractivity contribution is 6.42. The molecule has 0 radical (unpaired) electrons. The van der Waals surface area contributed by atoms with Crippen LogP contribution in [0, 0.1) is 0 Å². The van der Waals surface area contributed by atoms with Gasteiger partial charge in [0.05, 0.1) is 5.57 Å². The van der Waals surface area contributed by atoms with Crippen LogP contribution < -0.4 is 5.11 Å². The number of fused-ring (bicyclic) bond motifs is 4. The molecule has 0 amide bonds. The van der Waals surface area contributed by atoms with Crippen molar-refractivity contribution >= 4 is 44.7 Å². The fraction of sp³-hybridized carbons (Fsp3) is 0. The van der Waals surface area contributed by atoms with Crippen LogP contribution in [-0.4, -0.2) is 17.3 Å². The van der Waals surface area contributed by atoms with Crippen molar-refractivity contribution in [3.8, 4) is 22.3 Å². The molecule has 232 valence electrons. The lowest BCUT2D eigenvalue weighted by Gasteiger charge is -2.15. The Labute approximate surface area is 283 Å². The standard InChI is InChI=1S/C45H28O4/c46-42-34(44(48)40-36(42)26-30-20-12-14-22-32(30)38(40)28-16-6-4-7-17-28)24-10-2-1-3-11-25-35-43(47)37-27-31-21-13-15-23-33(31)39(41(37)45(35)49)29-18-8-5-9-19-29/h1-27,46H/p-1/b2-1+,11-3+,24-10+,35-25-. The zero-order valence-corrected chi connectivity index (χ0v) is 26.2. The van der Waals surface area contributed by atoms with Crippen molar-refractivity contribution in [1.82, 2.24) is 0 Å². The normalized spacial score (nSPS) is 15.3. The van der Waals surface area contributed by atoms with E-state index in [0.29, 0.717) is 22.3 Å². The number of ketones is 3. The Kier molecular flexibility index (Phi) is 7.39. The summed E-state index contributed by atoms with van der Waals surface area (Å²) >= 11 is 0. The first-order chi connectivity index (χ1) is 24.0. The van der Waals surface area contributed by atoms with Crippen LogP contribution in [0.4, 0.5) is 0 Å². The summed E-state index contributed by atoms with van der Waals surface area (Å²) in [5, 5.41) is 17.1. The Balaban J connectivity index is 1.05. The molecule has 0 atom stereocenters. The fourth-order valence-electron chi connectivity index (χ4n) is 6.90. The molecule has 4 heteroatoms. The van der Waals surface area contributed by atoms with E-state index in [1.165, 1.54) is 0 Å². The van der Waals surface area contributed by atoms with Gasteiger partial charge >= 0.3 is 0 Å². The molecule has 0 bridgehead atoms. The molecule has 2 aliphatic carbocycles. The number of carbonyl (C=O) groups is 3. The monoisotopic (exact) mass is 631 g/mol. The van der Waals surface area contributed by atoms with E-state index in [0.717, 1.165) is 43.8 Å². The zero-order chi connectivity index (χ0) is 33.5. The summed E-state index contributed by atoms with van der Waals surface area (Å²) in [7, 11) is 0. The summed E-state index contributed by atoms with van der Waals surface area (Å²) in [5.41, 5.74) is 5.20. The van der Waals surface area contributed by atoms with Crippen molar-refractivity contribution in [2.75, 3.05) is 0 Å². The van der Waals surface area contributed by atoms with Gasteiger partial charge in [-0.3, -0.25) is 14.4 Å². The molecule has 0 aromatic heterocycles. The van der Waals surface area contributed by atoms with Gasteiger partial charge in [0.2, 0.25) is 0 Å². The third-order valence-corrected chi connectivity index (χ3v) is 9.12. The summed E-state index contributed by atoms with van der Waals surface area (Å²) in [6.07, 6.45) is 11.5. The van der Waals surface area contributed by atoms with E-state index in [9.17, 15) is 19.5 Å². The first-order valence-electron chi connectivity index (χ1n) is 16.0. The second-order valence-electron chi connectivity index (χ2n) is 12.0. The van der Waals surface area contributed by atoms with Gasteiger partial charge in [-0.15, -0.1) is 0 Å². The Morgan fingerprint density at radius 3 is 1.55 bits per heavy atom. The minimum atomic E-state index is -0.298. The first kappa shape index (κ1) is 29.7. The first-order valence-corrected chi connectivity index (χ1v) is 16.0. The van der Waals surface area contributed by atoms with Gasteiger partial charge in [-0.05, 0) is 56.4 Å². The fourth-order valence-corrected chi connectivity index (χ4v) is 6.90. The Morgan fingerprint density at radius 1 is 0.449 bits per heavy atom. The van der Waals surface area contributed by atoms with Crippen molar-refractivity contribution in [1.29, 1.82) is 0 Å². The molecular formula is C45H27O4-. The van der Waals surface area contributed by atoms with E-state index in [4.69, 9.17) is 0 Å². The molecule has 0 saturated carbocycles. The second-order valence-corrected chi connectivity index (χ2v) is 12.0. The molecule has 6 aromatic rings. The Hall–Kier alpha value is -6.65. The molecule has 0 unspecified atom stereocenters. The third kappa shape index (κ3) is 4.98. The molecule has 0 fully saturated rings. The Bertz CT molecular complexity index is 2530. The predicted octanol–water partition coefficient (Wildman–Crippen LogP) is 9.27. The van der Waals surface area contributed by atoms with Crippen LogP contribution in [0.5, 0.6) is 0 Å². The van der Waals surface area contributed by atoms with Gasteiger partial charge in [-0.1, -0.05) is 151 Å². The van der Waals surface area contributed by atoms with Crippen LogP contribution in [-0.2, 0) is 0 Å². The van der Waals surface area contributed by atoms with Crippen LogP contribution in [0.15, 0.2) is 175 Å². The molecule has 8 rings (SSSR count). The van der Waals surface area contributed by atoms with E-state index in [2.05, 4.69) is 0 Å². The minimum Gasteiger partial charge on any atom is -0.872 e. The van der Waals surface area contributed by atoms with Gasteiger partial charge in [0.15, 0.2) is 17.3 Å². The van der Waals surface area contributed by atoms with Gasteiger partial charge in [0, 0.05) is 33.4 Å². The number of Topliss-reactive ketones (excluding diaryl/α,β-unsaturated/α-hetero) is 3. The van der Waals surface area contributed by atoms with Crippen molar-refractivity contribution < 1.29 is 19.5 Å². The Morgan fingerprint density at radius 2 is 0.939 bits per heavy atom. The molecule has 6 aromatic carbocycles. The maximum atomic E-state index is 13.7. The topological polar surface area (TPSA) is 74.3 Å². The lowest BCUT2D eigenvalue weighted by molar-refractivity contribution is -0.244. The number of hydrogen-bond donors (Lipinski definition) is 0. The summed E-state index contributed by atoms with van der Waals surface area (Å²) in [6.45, 7) is 0. The van der Waals surface area contributed by atoms with Crippen molar-refractivity contribution in [3.05, 3.63) is 197 Å². The summed E-state index contributed by atoms with van der Waals surface area (Å²) in [6, 6.07) is 38.5. The maximum absolute atomic E-state index is 13.7. The summed E-state index contributed by atoms with van der Waals surface area (Å²) in [4.78, 5) is 40.8. The van der Waals surface area contributed by atoms with Gasteiger partial charge in [0.1, 0.15) is 0 Å². The van der Waals surface area contributed by atoms with Crippen molar-refractivity contribution in [2.45, 2.75) is 0 Å². The van der Waals surface area contributed by atoms with E-state index in [1.54, 1.807) is 54.7 Å². The van der Waals surface area contributed by atoms with Crippen LogP contribution in [0.3, 0.4) is 0 Å². The summed E-state index contributed by atoms with van der Waals surface area (Å²) in [5.74, 6) is -1.19. The van der Waals surface area contributed by atoms with Gasteiger partial charge in [-0.25, -0.2) is 0 Å². The lowest BCUT2D eigenvalue weighted by atomic mass is 9.89. The number of rotatable bonds is 6. The van der Waals surface area contributed by atoms with E-state index >= 15 is 0 Å². The predicted molar refractivity (Wildman–Crippen MR) is 194 cm³/mol. The van der Waals surface area contributed by atoms with Gasteiger partial charge < -0.3 is 5.11 Å². The smallest absolute Gasteiger partial charge is 0.198 e. The molecule has 49 heavy (non-hydrogen) atoms. The highest BCUT2D eigenvalue weighted by atomic mass is 16.3. The van der Waals surface area contributed by atoms with Crippen LogP contribution in [0.2, 0.25) is 0 Å². The molecule has 0 aliphatic heterocycles. The molecule has 0 heterocycles. The number of carbonyl (C=O) groups excluding carboxylic acids is 3. The van der Waals surface area contributed by atoms with Gasteiger partial charge in [-0.2, -0.15) is 0 Å². The zero-order valence-electron chi connectivity index (χ0n) is 26.2. The lowest BCUT2D eigenvalue weighted by Crippen LogP contribution is -2.02. The molecule has 0 spiro atoms. The van der Waals surface area contributed by atoms with Crippen molar-refractivity contribution in [2.24, 2.45) is 0 Å². The molecule has 0 N–H and O–H groups in total. The molecule has 0 saturated heterocycles. The van der Waals surface area contributed by atoms with Crippen LogP contribution in [0.25, 0.3) is 49.6 Å². The van der Waals surface area contributed by atoms with Crippen LogP contribution >= 0.6 is 0 Å². The minimum absolute atomic E-state index is 0.111. The third-order valence-electron chi connectivity index (χ3n) is 9.12. The highest BCUT2D eigenvalue weighted by Gasteiger charge is 2.36. The van der Waals surface area contributed by atoms with Gasteiger partial charge in [0.25, 0.3) is 0 Å². The summed E-state index contributed by atoms with van der Waals surface area (Å²) < 4.78 is 0.